The Morgan fingerprint density at radius 3 is 2.43 bits per heavy atom. The fourth-order valence-electron chi connectivity index (χ4n) is 6.92. The average Bonchev–Trinajstić information content (AvgIpc) is 3.09. The molecule has 0 spiro atoms. The number of rotatable bonds is 7. The van der Waals surface area contributed by atoms with Crippen LogP contribution in [0.25, 0.3) is 11.1 Å². The maximum absolute atomic E-state index is 12.8. The number of nitrogens with zero attached hydrogens (tertiary/aromatic N) is 2. The molecule has 2 atom stereocenters. The van der Waals surface area contributed by atoms with E-state index in [0.29, 0.717) is 12.5 Å². The van der Waals surface area contributed by atoms with Gasteiger partial charge in [-0.15, -0.1) is 0 Å². The molecular formula is C30H40N2O3. The number of carboxylic acid groups (broad SMARTS) is 1. The number of ether oxygens (including phenoxy) is 1. The number of carbonyl (C=O) groups is 1. The minimum atomic E-state index is -0.789. The first-order chi connectivity index (χ1) is 16.8. The zero-order chi connectivity index (χ0) is 24.7. The highest BCUT2D eigenvalue weighted by Gasteiger charge is 2.50. The van der Waals surface area contributed by atoms with Crippen molar-refractivity contribution in [1.82, 2.24) is 9.80 Å². The Morgan fingerprint density at radius 2 is 1.86 bits per heavy atom. The molecule has 0 radical (unpaired) electrons. The Labute approximate surface area is 210 Å². The third-order valence-electron chi connectivity index (χ3n) is 8.50. The minimum Gasteiger partial charge on any atom is -0.493 e. The molecule has 4 aliphatic rings. The molecule has 3 saturated heterocycles. The minimum absolute atomic E-state index is 0.0616. The highest BCUT2D eigenvalue weighted by molar-refractivity contribution is 5.74. The van der Waals surface area contributed by atoms with Crippen LogP contribution in [0.2, 0.25) is 0 Å². The van der Waals surface area contributed by atoms with Crippen LogP contribution in [0.4, 0.5) is 4.79 Å². The van der Waals surface area contributed by atoms with E-state index in [0.717, 1.165) is 74.2 Å². The van der Waals surface area contributed by atoms with E-state index in [-0.39, 0.29) is 17.5 Å². The Bertz CT molecular complexity index is 1070. The molecule has 1 amide bonds. The normalized spacial score (nSPS) is 26.4. The predicted octanol–water partition coefficient (Wildman–Crippen LogP) is 6.40. The third-order valence-corrected chi connectivity index (χ3v) is 8.50. The quantitative estimate of drug-likeness (QED) is 0.502. The number of fused-ring (bicyclic) bond motifs is 4. The summed E-state index contributed by atoms with van der Waals surface area (Å²) in [4.78, 5) is 17.1. The monoisotopic (exact) mass is 476 g/mol. The molecule has 35 heavy (non-hydrogen) atoms. The van der Waals surface area contributed by atoms with Crippen molar-refractivity contribution in [3.63, 3.8) is 0 Å². The Balaban J connectivity index is 1.56. The maximum Gasteiger partial charge on any atom is 0.408 e. The van der Waals surface area contributed by atoms with E-state index in [9.17, 15) is 9.90 Å². The molecule has 1 aliphatic carbocycles. The van der Waals surface area contributed by atoms with Crippen LogP contribution in [0.1, 0.15) is 69.7 Å². The molecule has 0 unspecified atom stereocenters. The van der Waals surface area contributed by atoms with Crippen LogP contribution >= 0.6 is 0 Å². The van der Waals surface area contributed by atoms with Gasteiger partial charge in [0, 0.05) is 12.1 Å². The Morgan fingerprint density at radius 1 is 1.14 bits per heavy atom. The molecule has 0 saturated carbocycles. The van der Waals surface area contributed by atoms with Crippen LogP contribution in [-0.2, 0) is 12.8 Å². The lowest BCUT2D eigenvalue weighted by atomic mass is 9.79. The van der Waals surface area contributed by atoms with Crippen LogP contribution in [0.5, 0.6) is 5.75 Å². The second kappa shape index (κ2) is 9.50. The van der Waals surface area contributed by atoms with Crippen LogP contribution in [0.15, 0.2) is 36.4 Å². The van der Waals surface area contributed by atoms with Crippen molar-refractivity contribution in [2.45, 2.75) is 71.9 Å². The second-order valence-corrected chi connectivity index (χ2v) is 11.4. The van der Waals surface area contributed by atoms with E-state index < -0.39 is 6.09 Å². The molecule has 2 aromatic carbocycles. The van der Waals surface area contributed by atoms with Gasteiger partial charge in [0.15, 0.2) is 0 Å². The molecule has 3 heterocycles. The van der Waals surface area contributed by atoms with Crippen molar-refractivity contribution < 1.29 is 14.6 Å². The van der Waals surface area contributed by atoms with Crippen molar-refractivity contribution in [3.8, 4) is 16.9 Å². The maximum atomic E-state index is 12.8. The molecule has 3 aliphatic heterocycles. The van der Waals surface area contributed by atoms with Gasteiger partial charge < -0.3 is 14.7 Å². The van der Waals surface area contributed by atoms with Crippen molar-refractivity contribution in [2.75, 3.05) is 26.2 Å². The van der Waals surface area contributed by atoms with E-state index in [2.05, 4.69) is 62.1 Å². The smallest absolute Gasteiger partial charge is 0.408 e. The summed E-state index contributed by atoms with van der Waals surface area (Å²) in [6.45, 7) is 12.3. The van der Waals surface area contributed by atoms with Gasteiger partial charge in [-0.3, -0.25) is 4.90 Å². The number of benzene rings is 2. The van der Waals surface area contributed by atoms with Gasteiger partial charge in [0.1, 0.15) is 5.75 Å². The summed E-state index contributed by atoms with van der Waals surface area (Å²) in [5.41, 5.74) is 5.82. The lowest BCUT2D eigenvalue weighted by molar-refractivity contribution is -0.0267. The van der Waals surface area contributed by atoms with Crippen LogP contribution in [0, 0.1) is 11.3 Å². The summed E-state index contributed by atoms with van der Waals surface area (Å²) in [5, 5.41) is 10.5. The first-order valence-electron chi connectivity index (χ1n) is 13.4. The van der Waals surface area contributed by atoms with Gasteiger partial charge in [-0.2, -0.15) is 0 Å². The summed E-state index contributed by atoms with van der Waals surface area (Å²) in [6.07, 6.45) is 4.51. The summed E-state index contributed by atoms with van der Waals surface area (Å²) in [6, 6.07) is 13.2. The van der Waals surface area contributed by atoms with Gasteiger partial charge >= 0.3 is 6.09 Å². The Kier molecular flexibility index (Phi) is 6.56. The van der Waals surface area contributed by atoms with Crippen LogP contribution in [0.3, 0.4) is 0 Å². The summed E-state index contributed by atoms with van der Waals surface area (Å²) < 4.78 is 6.17. The molecule has 0 aromatic heterocycles. The van der Waals surface area contributed by atoms with Gasteiger partial charge in [0.05, 0.1) is 18.7 Å². The van der Waals surface area contributed by atoms with Gasteiger partial charge in [-0.1, -0.05) is 51.5 Å². The molecule has 5 heteroatoms. The summed E-state index contributed by atoms with van der Waals surface area (Å²) in [5.74, 6) is 1.32. The zero-order valence-corrected chi connectivity index (χ0v) is 21.7. The standard InChI is InChI=1S/C30H40N2O3/c1-5-7-20-8-10-21(11-9-20)24-16-23-18-30(3,4)28(25(23)17-27(24)35-6-2)32(29(33)34)26-19-31-14-12-22(26)13-15-31/h8-11,16-17,22,26,28H,5-7,12-15,18-19H2,1-4H3,(H,33,34)/t26-,28+/m1/s1. The van der Waals surface area contributed by atoms with Gasteiger partial charge in [0.2, 0.25) is 0 Å². The summed E-state index contributed by atoms with van der Waals surface area (Å²) >= 11 is 0. The fourth-order valence-corrected chi connectivity index (χ4v) is 6.92. The predicted molar refractivity (Wildman–Crippen MR) is 140 cm³/mol. The zero-order valence-electron chi connectivity index (χ0n) is 21.7. The second-order valence-electron chi connectivity index (χ2n) is 11.4. The van der Waals surface area contributed by atoms with Crippen molar-refractivity contribution in [2.24, 2.45) is 11.3 Å². The molecule has 188 valence electrons. The Hall–Kier alpha value is -2.53. The largest absolute Gasteiger partial charge is 0.493 e. The van der Waals surface area contributed by atoms with E-state index in [1.807, 2.05) is 11.8 Å². The van der Waals surface area contributed by atoms with Crippen LogP contribution in [-0.4, -0.2) is 53.3 Å². The third kappa shape index (κ3) is 4.44. The summed E-state index contributed by atoms with van der Waals surface area (Å²) in [7, 11) is 0. The number of hydrogen-bond donors (Lipinski definition) is 1. The highest BCUT2D eigenvalue weighted by Crippen LogP contribution is 2.53. The topological polar surface area (TPSA) is 53.0 Å². The van der Waals surface area contributed by atoms with E-state index in [4.69, 9.17) is 4.74 Å². The van der Waals surface area contributed by atoms with E-state index >= 15 is 0 Å². The molecule has 3 fully saturated rings. The number of piperidine rings is 3. The van der Waals surface area contributed by atoms with Crippen molar-refractivity contribution >= 4 is 6.09 Å². The van der Waals surface area contributed by atoms with Crippen molar-refractivity contribution in [1.29, 1.82) is 0 Å². The lowest BCUT2D eigenvalue weighted by Crippen LogP contribution is -2.60. The number of hydrogen-bond acceptors (Lipinski definition) is 3. The molecular weight excluding hydrogens is 436 g/mol. The van der Waals surface area contributed by atoms with Crippen molar-refractivity contribution in [3.05, 3.63) is 53.1 Å². The fraction of sp³-hybridized carbons (Fsp3) is 0.567. The first-order valence-corrected chi connectivity index (χ1v) is 13.4. The number of amides is 1. The van der Waals surface area contributed by atoms with E-state index in [1.54, 1.807) is 0 Å². The highest BCUT2D eigenvalue weighted by atomic mass is 16.5. The first kappa shape index (κ1) is 24.2. The molecule has 2 aromatic rings. The van der Waals surface area contributed by atoms with Gasteiger partial charge in [-0.05, 0) is 91.4 Å². The van der Waals surface area contributed by atoms with E-state index in [1.165, 1.54) is 11.1 Å². The molecule has 5 nitrogen and oxygen atoms in total. The molecule has 6 rings (SSSR count). The van der Waals surface area contributed by atoms with Gasteiger partial charge in [0.25, 0.3) is 0 Å². The van der Waals surface area contributed by atoms with Crippen LogP contribution < -0.4 is 4.74 Å². The molecule has 2 bridgehead atoms. The lowest BCUT2D eigenvalue weighted by Gasteiger charge is -2.51. The average molecular weight is 477 g/mol. The SMILES string of the molecule is CCCc1ccc(-c2cc3c(cc2OCC)[C@H](N(C(=O)O)[C@@H]2CN4CCC2CC4)C(C)(C)C3)cc1. The molecule has 1 N–H and O–H groups in total. The van der Waals surface area contributed by atoms with Gasteiger partial charge in [-0.25, -0.2) is 4.79 Å². The number of aryl methyl sites for hydroxylation is 1.